The zero-order valence-corrected chi connectivity index (χ0v) is 31.8. The van der Waals surface area contributed by atoms with Crippen molar-refractivity contribution >= 4 is 60.7 Å². The molecule has 0 radical (unpaired) electrons. The van der Waals surface area contributed by atoms with Gasteiger partial charge in [-0.3, -0.25) is 0 Å². The van der Waals surface area contributed by atoms with Crippen molar-refractivity contribution in [2.75, 3.05) is 0 Å². The minimum atomic E-state index is 0.408. The molecule has 2 unspecified atom stereocenters. The lowest BCUT2D eigenvalue weighted by Gasteiger charge is -2.23. The number of nitrogens with one attached hydrogen (secondary N) is 1. The van der Waals surface area contributed by atoms with Crippen molar-refractivity contribution in [2.24, 2.45) is 11.8 Å². The Morgan fingerprint density at radius 1 is 0.709 bits per heavy atom. The van der Waals surface area contributed by atoms with Gasteiger partial charge in [-0.2, -0.15) is 0 Å². The van der Waals surface area contributed by atoms with E-state index in [1.165, 1.54) is 88.7 Å². The van der Waals surface area contributed by atoms with Gasteiger partial charge in [-0.05, 0) is 112 Å². The Labute approximate surface area is 324 Å². The molecule has 0 spiro atoms. The topological polar surface area (TPSA) is 28.8 Å². The predicted molar refractivity (Wildman–Crippen MR) is 240 cm³/mol. The molecule has 9 rings (SSSR count). The maximum atomic E-state index is 6.62. The number of aromatic nitrogens is 1. The summed E-state index contributed by atoms with van der Waals surface area (Å²) in [7, 11) is 0. The molecule has 2 aliphatic rings. The minimum absolute atomic E-state index is 0.408. The molecule has 0 aliphatic heterocycles. The van der Waals surface area contributed by atoms with Crippen LogP contribution in [0.1, 0.15) is 38.3 Å². The van der Waals surface area contributed by atoms with Crippen LogP contribution in [0.15, 0.2) is 188 Å². The number of rotatable bonds is 7. The lowest BCUT2D eigenvalue weighted by molar-refractivity contribution is 0.663. The van der Waals surface area contributed by atoms with Crippen LogP contribution in [0.5, 0.6) is 0 Å². The molecule has 0 fully saturated rings. The fourth-order valence-electron chi connectivity index (χ4n) is 7.94. The van der Waals surface area contributed by atoms with Gasteiger partial charge in [-0.1, -0.05) is 153 Å². The quantitative estimate of drug-likeness (QED) is 0.126. The number of para-hydroxylation sites is 1. The first-order valence-electron chi connectivity index (χ1n) is 19.3. The second kappa shape index (κ2) is 15.5. The number of allylic oxidation sites excluding steroid dienone is 13. The lowest BCUT2D eigenvalue weighted by Crippen LogP contribution is -2.11. The molecule has 55 heavy (non-hydrogen) atoms. The molecule has 1 heterocycles. The van der Waals surface area contributed by atoms with Crippen LogP contribution < -0.4 is 0 Å². The van der Waals surface area contributed by atoms with E-state index >= 15 is 0 Å². The van der Waals surface area contributed by atoms with Gasteiger partial charge in [0.15, 0.2) is 0 Å². The Morgan fingerprint density at radius 3 is 2.15 bits per heavy atom. The summed E-state index contributed by atoms with van der Waals surface area (Å²) in [6.45, 7) is 10.0. The van der Waals surface area contributed by atoms with Gasteiger partial charge in [0.1, 0.15) is 0 Å². The summed E-state index contributed by atoms with van der Waals surface area (Å²) in [5.41, 5.74) is 12.0. The molecule has 2 heteroatoms. The molecular formula is C53H46N2. The summed E-state index contributed by atoms with van der Waals surface area (Å²) < 4.78 is 2.47. The highest BCUT2D eigenvalue weighted by atomic mass is 15.0. The van der Waals surface area contributed by atoms with Crippen LogP contribution in [-0.2, 0) is 0 Å². The Kier molecular flexibility index (Phi) is 9.98. The second-order valence-electron chi connectivity index (χ2n) is 14.4. The van der Waals surface area contributed by atoms with Crippen molar-refractivity contribution in [3.05, 3.63) is 199 Å². The number of hydrogen-bond acceptors (Lipinski definition) is 1. The van der Waals surface area contributed by atoms with E-state index in [9.17, 15) is 0 Å². The van der Waals surface area contributed by atoms with Gasteiger partial charge in [0.05, 0.1) is 11.0 Å². The summed E-state index contributed by atoms with van der Waals surface area (Å²) in [6.07, 6.45) is 24.4. The van der Waals surface area contributed by atoms with E-state index < -0.39 is 0 Å². The van der Waals surface area contributed by atoms with Gasteiger partial charge in [0.25, 0.3) is 0 Å². The number of nitrogens with zero attached hydrogens (tertiary/aromatic N) is 1. The first-order valence-corrected chi connectivity index (χ1v) is 19.3. The summed E-state index contributed by atoms with van der Waals surface area (Å²) >= 11 is 0. The third-order valence-corrected chi connectivity index (χ3v) is 11.0. The van der Waals surface area contributed by atoms with Crippen LogP contribution >= 0.6 is 0 Å². The molecule has 2 aliphatic carbocycles. The van der Waals surface area contributed by atoms with Gasteiger partial charge < -0.3 is 9.98 Å². The van der Waals surface area contributed by atoms with Crippen molar-refractivity contribution in [3.8, 4) is 16.8 Å². The molecule has 0 saturated carbocycles. The fourth-order valence-corrected chi connectivity index (χ4v) is 7.94. The van der Waals surface area contributed by atoms with Crippen LogP contribution in [0.3, 0.4) is 0 Å². The number of fused-ring (bicyclic) bond motifs is 7. The van der Waals surface area contributed by atoms with E-state index in [-0.39, 0.29) is 0 Å². The molecule has 0 amide bonds. The highest BCUT2D eigenvalue weighted by molar-refractivity contribution is 6.19. The molecule has 2 nitrogen and oxygen atoms in total. The first-order chi connectivity index (χ1) is 27.0. The smallest absolute Gasteiger partial charge is 0.0619 e. The van der Waals surface area contributed by atoms with E-state index in [4.69, 9.17) is 5.41 Å². The molecule has 1 aromatic heterocycles. The molecule has 0 bridgehead atoms. The highest BCUT2D eigenvalue weighted by Gasteiger charge is 2.20. The highest BCUT2D eigenvalue weighted by Crippen LogP contribution is 2.40. The van der Waals surface area contributed by atoms with Crippen molar-refractivity contribution in [1.29, 1.82) is 5.41 Å². The fraction of sp³-hybridized carbons (Fsp3) is 0.113. The van der Waals surface area contributed by atoms with Gasteiger partial charge in [0.2, 0.25) is 0 Å². The summed E-state index contributed by atoms with van der Waals surface area (Å²) in [5.74, 6) is 0.857. The van der Waals surface area contributed by atoms with Crippen LogP contribution in [-0.4, -0.2) is 10.8 Å². The lowest BCUT2D eigenvalue weighted by atomic mass is 9.81. The van der Waals surface area contributed by atoms with E-state index in [1.807, 2.05) is 26.0 Å². The largest absolute Gasteiger partial charge is 0.309 e. The maximum Gasteiger partial charge on any atom is 0.0619 e. The van der Waals surface area contributed by atoms with Crippen molar-refractivity contribution in [1.82, 2.24) is 4.57 Å². The van der Waals surface area contributed by atoms with Crippen LogP contribution in [0.4, 0.5) is 0 Å². The average Bonchev–Trinajstić information content (AvgIpc) is 3.59. The standard InChI is InChI=1S/C48H37N.C5H9N/c1-3-10-32(4-2)36-18-16-34-17-20-38(30-42(34)29-36)39-21-24-44-41(28-39)23-26-46-45-25-22-40(37-19-15-33-11-8-9-12-35(33)27-37)31-47(45)49(48(44)46)43-13-6-5-7-14-43;1-3-5(2)4-6/h4-31,33,35H,2-3H2,1H3;3-4,6H,1-2H3/b32-10+;5-3-,6-4?. The average molecular weight is 711 g/mol. The Balaban J connectivity index is 0.000000661. The molecule has 7 aromatic rings. The van der Waals surface area contributed by atoms with Crippen molar-refractivity contribution < 1.29 is 0 Å². The molecule has 1 N–H and O–H groups in total. The van der Waals surface area contributed by atoms with Gasteiger partial charge >= 0.3 is 0 Å². The van der Waals surface area contributed by atoms with Gasteiger partial charge in [0, 0.05) is 39.9 Å². The second-order valence-corrected chi connectivity index (χ2v) is 14.4. The molecular weight excluding hydrogens is 665 g/mol. The zero-order chi connectivity index (χ0) is 37.9. The maximum absolute atomic E-state index is 6.62. The Bertz CT molecular complexity index is 2800. The predicted octanol–water partition coefficient (Wildman–Crippen LogP) is 14.7. The number of hydrogen-bond donors (Lipinski definition) is 1. The van der Waals surface area contributed by atoms with E-state index in [0.717, 1.165) is 12.0 Å². The Morgan fingerprint density at radius 2 is 1.40 bits per heavy atom. The first kappa shape index (κ1) is 35.5. The zero-order valence-electron chi connectivity index (χ0n) is 31.8. The molecule has 0 saturated heterocycles. The molecule has 268 valence electrons. The summed E-state index contributed by atoms with van der Waals surface area (Å²) in [6, 6.07) is 42.9. The summed E-state index contributed by atoms with van der Waals surface area (Å²) in [5, 5.41) is 14.1. The monoisotopic (exact) mass is 710 g/mol. The molecule has 2 atom stereocenters. The molecule has 6 aromatic carbocycles. The number of benzene rings is 6. The minimum Gasteiger partial charge on any atom is -0.309 e. The van der Waals surface area contributed by atoms with E-state index in [0.29, 0.717) is 11.8 Å². The van der Waals surface area contributed by atoms with E-state index in [2.05, 4.69) is 182 Å². The van der Waals surface area contributed by atoms with Crippen LogP contribution in [0.2, 0.25) is 0 Å². The van der Waals surface area contributed by atoms with Crippen LogP contribution in [0, 0.1) is 17.2 Å². The van der Waals surface area contributed by atoms with Crippen LogP contribution in [0.25, 0.3) is 71.3 Å². The van der Waals surface area contributed by atoms with Crippen molar-refractivity contribution in [2.45, 2.75) is 27.2 Å². The third kappa shape index (κ3) is 6.88. The Hall–Kier alpha value is -6.51. The normalized spacial score (nSPS) is 16.6. The van der Waals surface area contributed by atoms with Gasteiger partial charge in [-0.15, -0.1) is 0 Å². The van der Waals surface area contributed by atoms with Gasteiger partial charge in [-0.25, -0.2) is 0 Å². The van der Waals surface area contributed by atoms with E-state index in [1.54, 1.807) is 0 Å². The van der Waals surface area contributed by atoms with Crippen molar-refractivity contribution in [3.63, 3.8) is 0 Å². The summed E-state index contributed by atoms with van der Waals surface area (Å²) in [4.78, 5) is 0. The SMILES string of the molecule is C/C=C(/C)C=N.C=C/C(=C\CC)c1ccc2ccc(-c3ccc4c(ccc5c6ccc(C7=CC8C=CC=CC8C=C7)cc6n(-c6ccccc6)c45)c3)cc2c1. The third-order valence-electron chi connectivity index (χ3n) is 11.0.